The lowest BCUT2D eigenvalue weighted by atomic mass is 9.92. The van der Waals surface area contributed by atoms with Crippen LogP contribution in [0.5, 0.6) is 5.88 Å². The van der Waals surface area contributed by atoms with E-state index in [1.165, 1.54) is 0 Å². The van der Waals surface area contributed by atoms with Gasteiger partial charge in [-0.2, -0.15) is 4.98 Å². The van der Waals surface area contributed by atoms with Crippen molar-refractivity contribution in [2.45, 2.75) is 64.9 Å². The third kappa shape index (κ3) is 6.64. The Kier molecular flexibility index (Phi) is 8.62. The minimum absolute atomic E-state index is 0.131. The van der Waals surface area contributed by atoms with E-state index in [4.69, 9.17) is 15.0 Å². The fourth-order valence-electron chi connectivity index (χ4n) is 4.01. The standard InChI is InChI=1S/C23H35N5O5/c1-14(2)21-26-23(33-27-21)28-8-6-16(7-9-28)5-4-10-32-22-17(11-18(30)13-29)12-19(20(24)31)15(3)25-22/h12,14,16,18,29-30H,4-11,13H2,1-3H3,(H2,24,31)/t18-/m0/s1. The molecule has 1 amide bonds. The number of pyridine rings is 1. The highest BCUT2D eigenvalue weighted by molar-refractivity contribution is 5.94. The summed E-state index contributed by atoms with van der Waals surface area (Å²) in [5, 5.41) is 23.1. The first-order valence-electron chi connectivity index (χ1n) is 11.6. The number of amides is 1. The number of carbonyl (C=O) groups excluding carboxylic acids is 1. The zero-order valence-corrected chi connectivity index (χ0v) is 19.7. The fourth-order valence-corrected chi connectivity index (χ4v) is 4.01. The maximum absolute atomic E-state index is 11.6. The molecule has 2 aromatic rings. The molecule has 0 radical (unpaired) electrons. The summed E-state index contributed by atoms with van der Waals surface area (Å²) in [6, 6.07) is 2.20. The minimum Gasteiger partial charge on any atom is -0.477 e. The van der Waals surface area contributed by atoms with Gasteiger partial charge in [0.05, 0.1) is 30.6 Å². The van der Waals surface area contributed by atoms with E-state index < -0.39 is 12.0 Å². The van der Waals surface area contributed by atoms with Crippen LogP contribution in [0.4, 0.5) is 6.01 Å². The Bertz CT molecular complexity index is 924. The number of primary amides is 1. The highest BCUT2D eigenvalue weighted by Crippen LogP contribution is 2.27. The molecule has 1 atom stereocenters. The van der Waals surface area contributed by atoms with Crippen LogP contribution in [-0.4, -0.2) is 63.7 Å². The third-order valence-electron chi connectivity index (χ3n) is 6.01. The molecular formula is C23H35N5O5. The highest BCUT2D eigenvalue weighted by atomic mass is 16.5. The fraction of sp³-hybridized carbons (Fsp3) is 0.652. The largest absolute Gasteiger partial charge is 0.477 e. The van der Waals surface area contributed by atoms with Crippen molar-refractivity contribution in [3.05, 3.63) is 28.7 Å². The van der Waals surface area contributed by atoms with Gasteiger partial charge in [-0.05, 0) is 44.6 Å². The lowest BCUT2D eigenvalue weighted by molar-refractivity contribution is 0.0942. The molecule has 0 spiro atoms. The molecule has 1 fully saturated rings. The summed E-state index contributed by atoms with van der Waals surface area (Å²) in [7, 11) is 0. The number of carbonyl (C=O) groups is 1. The number of hydrogen-bond acceptors (Lipinski definition) is 9. The average molecular weight is 462 g/mol. The monoisotopic (exact) mass is 461 g/mol. The maximum atomic E-state index is 11.6. The first kappa shape index (κ1) is 24.9. The van der Waals surface area contributed by atoms with E-state index in [2.05, 4.69) is 20.0 Å². The predicted molar refractivity (Wildman–Crippen MR) is 122 cm³/mol. The van der Waals surface area contributed by atoms with Crippen molar-refractivity contribution in [1.82, 2.24) is 15.1 Å². The predicted octanol–water partition coefficient (Wildman–Crippen LogP) is 1.97. The van der Waals surface area contributed by atoms with Crippen LogP contribution in [0, 0.1) is 12.8 Å². The minimum atomic E-state index is -0.960. The second-order valence-electron chi connectivity index (χ2n) is 9.00. The van der Waals surface area contributed by atoms with Gasteiger partial charge in [-0.1, -0.05) is 19.0 Å². The van der Waals surface area contributed by atoms with Crippen molar-refractivity contribution in [1.29, 1.82) is 0 Å². The number of aryl methyl sites for hydroxylation is 1. The Morgan fingerprint density at radius 3 is 2.67 bits per heavy atom. The average Bonchev–Trinajstić information content (AvgIpc) is 3.29. The van der Waals surface area contributed by atoms with Crippen LogP contribution in [0.1, 0.15) is 72.9 Å². The van der Waals surface area contributed by atoms with Crippen LogP contribution in [0.25, 0.3) is 0 Å². The summed E-state index contributed by atoms with van der Waals surface area (Å²) in [5.74, 6) is 1.37. The van der Waals surface area contributed by atoms with Gasteiger partial charge in [0, 0.05) is 31.0 Å². The number of nitrogens with two attached hydrogens (primary N) is 1. The summed E-state index contributed by atoms with van der Waals surface area (Å²) in [6.07, 6.45) is 3.17. The number of hydrogen-bond donors (Lipinski definition) is 3. The van der Waals surface area contributed by atoms with Gasteiger partial charge in [-0.3, -0.25) is 4.79 Å². The molecule has 1 saturated heterocycles. The highest BCUT2D eigenvalue weighted by Gasteiger charge is 2.23. The molecule has 0 aliphatic carbocycles. The lowest BCUT2D eigenvalue weighted by Gasteiger charge is -2.30. The molecule has 182 valence electrons. The summed E-state index contributed by atoms with van der Waals surface area (Å²) in [4.78, 5) is 22.6. The SMILES string of the molecule is Cc1nc(OCCCC2CCN(c3nc(C(C)C)no3)CC2)c(C[C@H](O)CO)cc1C(N)=O. The second-order valence-corrected chi connectivity index (χ2v) is 9.00. The van der Waals surface area contributed by atoms with Gasteiger partial charge in [0.1, 0.15) is 0 Å². The Labute approximate surface area is 194 Å². The number of rotatable bonds is 11. The Morgan fingerprint density at radius 2 is 2.06 bits per heavy atom. The number of aliphatic hydroxyl groups is 2. The molecule has 4 N–H and O–H groups in total. The molecule has 1 aliphatic rings. The number of piperidine rings is 1. The van der Waals surface area contributed by atoms with Crippen molar-refractivity contribution in [3.63, 3.8) is 0 Å². The zero-order chi connectivity index (χ0) is 24.0. The van der Waals surface area contributed by atoms with E-state index in [9.17, 15) is 15.0 Å². The quantitative estimate of drug-likeness (QED) is 0.427. The molecule has 33 heavy (non-hydrogen) atoms. The number of ether oxygens (including phenoxy) is 1. The third-order valence-corrected chi connectivity index (χ3v) is 6.01. The molecule has 3 rings (SSSR count). The first-order valence-corrected chi connectivity index (χ1v) is 11.6. The van der Waals surface area contributed by atoms with Crippen molar-refractivity contribution < 1.29 is 24.3 Å². The van der Waals surface area contributed by atoms with Crippen LogP contribution in [0.15, 0.2) is 10.6 Å². The molecule has 0 aromatic carbocycles. The van der Waals surface area contributed by atoms with Crippen LogP contribution in [0.2, 0.25) is 0 Å². The van der Waals surface area contributed by atoms with E-state index in [0.717, 1.165) is 44.6 Å². The van der Waals surface area contributed by atoms with Gasteiger partial charge in [0.15, 0.2) is 5.82 Å². The maximum Gasteiger partial charge on any atom is 0.324 e. The Balaban J connectivity index is 1.48. The van der Waals surface area contributed by atoms with E-state index in [0.29, 0.717) is 35.7 Å². The number of aliphatic hydroxyl groups excluding tert-OH is 2. The van der Waals surface area contributed by atoms with Gasteiger partial charge >= 0.3 is 6.01 Å². The first-order chi connectivity index (χ1) is 15.8. The van der Waals surface area contributed by atoms with Crippen LogP contribution < -0.4 is 15.4 Å². The molecule has 0 bridgehead atoms. The van der Waals surface area contributed by atoms with Crippen molar-refractivity contribution in [2.24, 2.45) is 11.7 Å². The summed E-state index contributed by atoms with van der Waals surface area (Å²) in [6.45, 7) is 7.66. The van der Waals surface area contributed by atoms with Crippen LogP contribution >= 0.6 is 0 Å². The van der Waals surface area contributed by atoms with E-state index >= 15 is 0 Å². The van der Waals surface area contributed by atoms with Gasteiger partial charge in [-0.15, -0.1) is 0 Å². The molecule has 2 aromatic heterocycles. The van der Waals surface area contributed by atoms with E-state index in [1.807, 2.05) is 13.8 Å². The molecule has 10 nitrogen and oxygen atoms in total. The van der Waals surface area contributed by atoms with Gasteiger partial charge < -0.3 is 30.1 Å². The van der Waals surface area contributed by atoms with E-state index in [1.54, 1.807) is 13.0 Å². The smallest absolute Gasteiger partial charge is 0.324 e. The summed E-state index contributed by atoms with van der Waals surface area (Å²) < 4.78 is 11.3. The zero-order valence-electron chi connectivity index (χ0n) is 19.7. The second kappa shape index (κ2) is 11.4. The number of aromatic nitrogens is 3. The van der Waals surface area contributed by atoms with Crippen molar-refractivity contribution >= 4 is 11.9 Å². The normalized spacial score (nSPS) is 15.8. The molecule has 10 heteroatoms. The molecule has 0 saturated carbocycles. The molecule has 1 aliphatic heterocycles. The number of anilines is 1. The summed E-state index contributed by atoms with van der Waals surface area (Å²) in [5.41, 5.74) is 6.74. The topological polar surface area (TPSA) is 148 Å². The molecule has 0 unspecified atom stereocenters. The number of nitrogens with zero attached hydrogens (tertiary/aromatic N) is 4. The van der Waals surface area contributed by atoms with Crippen molar-refractivity contribution in [3.8, 4) is 5.88 Å². The van der Waals surface area contributed by atoms with Gasteiger partial charge in [0.2, 0.25) is 5.88 Å². The Hall–Kier alpha value is -2.72. The van der Waals surface area contributed by atoms with Gasteiger partial charge in [-0.25, -0.2) is 4.98 Å². The van der Waals surface area contributed by atoms with Crippen LogP contribution in [-0.2, 0) is 6.42 Å². The van der Waals surface area contributed by atoms with Crippen molar-refractivity contribution in [2.75, 3.05) is 31.2 Å². The van der Waals surface area contributed by atoms with E-state index in [-0.39, 0.29) is 24.5 Å². The molecule has 3 heterocycles. The van der Waals surface area contributed by atoms with Crippen LogP contribution in [0.3, 0.4) is 0 Å². The summed E-state index contributed by atoms with van der Waals surface area (Å²) >= 11 is 0. The lowest BCUT2D eigenvalue weighted by Crippen LogP contribution is -2.34. The van der Waals surface area contributed by atoms with Gasteiger partial charge in [0.25, 0.3) is 5.91 Å². The Morgan fingerprint density at radius 1 is 1.33 bits per heavy atom. The molecular weight excluding hydrogens is 426 g/mol.